The van der Waals surface area contributed by atoms with Crippen LogP contribution < -0.4 is 15.5 Å². The van der Waals surface area contributed by atoms with E-state index in [1.165, 1.54) is 18.4 Å². The Bertz CT molecular complexity index is 567. The Labute approximate surface area is 156 Å². The van der Waals surface area contributed by atoms with E-state index in [0.717, 1.165) is 70.8 Å². The smallest absolute Gasteiger partial charge is 0.191 e. The van der Waals surface area contributed by atoms with Gasteiger partial charge in [0.1, 0.15) is 5.82 Å². The van der Waals surface area contributed by atoms with Gasteiger partial charge in [-0.05, 0) is 37.5 Å². The van der Waals surface area contributed by atoms with Gasteiger partial charge in [0.15, 0.2) is 5.96 Å². The predicted molar refractivity (Wildman–Crippen MR) is 106 cm³/mol. The Morgan fingerprint density at radius 2 is 2.00 bits per heavy atom. The Hall–Kier alpha value is -1.86. The molecule has 2 saturated heterocycles. The summed E-state index contributed by atoms with van der Waals surface area (Å²) in [4.78, 5) is 14.0. The molecule has 0 bridgehead atoms. The number of pyridine rings is 1. The number of nitrogens with one attached hydrogen (secondary N) is 2. The quantitative estimate of drug-likeness (QED) is 0.560. The van der Waals surface area contributed by atoms with Crippen LogP contribution in [-0.4, -0.2) is 74.9 Å². The minimum absolute atomic E-state index is 0.663. The molecule has 0 amide bonds. The van der Waals surface area contributed by atoms with E-state index in [9.17, 15) is 0 Å². The lowest BCUT2D eigenvalue weighted by molar-refractivity contribution is 0.0389. The highest BCUT2D eigenvalue weighted by molar-refractivity contribution is 5.79. The summed E-state index contributed by atoms with van der Waals surface area (Å²) in [5, 5.41) is 6.77. The summed E-state index contributed by atoms with van der Waals surface area (Å²) in [6.45, 7) is 11.5. The lowest BCUT2D eigenvalue weighted by Gasteiger charge is -2.26. The molecule has 2 fully saturated rings. The minimum Gasteiger partial charge on any atom is -0.379 e. The summed E-state index contributed by atoms with van der Waals surface area (Å²) in [5.41, 5.74) is 1.20. The molecule has 0 radical (unpaired) electrons. The van der Waals surface area contributed by atoms with E-state index in [0.29, 0.717) is 6.54 Å². The van der Waals surface area contributed by atoms with Gasteiger partial charge in [0.2, 0.25) is 0 Å². The van der Waals surface area contributed by atoms with Crippen LogP contribution >= 0.6 is 0 Å². The summed E-state index contributed by atoms with van der Waals surface area (Å²) in [7, 11) is 0. The Balaban J connectivity index is 1.50. The summed E-state index contributed by atoms with van der Waals surface area (Å²) < 4.78 is 5.39. The van der Waals surface area contributed by atoms with Gasteiger partial charge in [-0.15, -0.1) is 0 Å². The molecule has 3 heterocycles. The maximum absolute atomic E-state index is 5.39. The first-order valence-corrected chi connectivity index (χ1v) is 9.87. The van der Waals surface area contributed by atoms with Gasteiger partial charge in [-0.2, -0.15) is 0 Å². The monoisotopic (exact) mass is 360 g/mol. The van der Waals surface area contributed by atoms with Crippen molar-refractivity contribution in [3.63, 3.8) is 0 Å². The molecular formula is C19H32N6O. The Kier molecular flexibility index (Phi) is 7.51. The number of guanidine groups is 1. The van der Waals surface area contributed by atoms with Crippen LogP contribution in [0.5, 0.6) is 0 Å². The largest absolute Gasteiger partial charge is 0.379 e. The fraction of sp³-hybridized carbons (Fsp3) is 0.684. The predicted octanol–water partition coefficient (Wildman–Crippen LogP) is 1.07. The second-order valence-corrected chi connectivity index (χ2v) is 6.79. The van der Waals surface area contributed by atoms with Crippen molar-refractivity contribution in [1.29, 1.82) is 0 Å². The average Bonchev–Trinajstić information content (AvgIpc) is 3.22. The molecule has 2 aliphatic heterocycles. The first kappa shape index (κ1) is 18.9. The lowest BCUT2D eigenvalue weighted by atomic mass is 10.2. The molecule has 2 aliphatic rings. The highest BCUT2D eigenvalue weighted by atomic mass is 16.5. The topological polar surface area (TPSA) is 65.0 Å². The van der Waals surface area contributed by atoms with Crippen LogP contribution in [0.3, 0.4) is 0 Å². The van der Waals surface area contributed by atoms with Crippen LogP contribution in [0.2, 0.25) is 0 Å². The summed E-state index contributed by atoms with van der Waals surface area (Å²) >= 11 is 0. The van der Waals surface area contributed by atoms with Crippen molar-refractivity contribution in [3.8, 4) is 0 Å². The van der Waals surface area contributed by atoms with E-state index in [-0.39, 0.29) is 0 Å². The number of anilines is 1. The molecule has 0 aliphatic carbocycles. The molecule has 1 aromatic rings. The highest BCUT2D eigenvalue weighted by Gasteiger charge is 2.13. The molecule has 0 spiro atoms. The average molecular weight is 361 g/mol. The SMILES string of the molecule is CCNC(=NCc1ccnc(N2CCCC2)c1)NCCN1CCOCC1. The molecule has 0 saturated carbocycles. The second-order valence-electron chi connectivity index (χ2n) is 6.79. The number of hydrogen-bond acceptors (Lipinski definition) is 5. The van der Waals surface area contributed by atoms with Crippen LogP contribution in [0.25, 0.3) is 0 Å². The minimum atomic E-state index is 0.663. The third-order valence-electron chi connectivity index (χ3n) is 4.83. The molecule has 144 valence electrons. The number of aliphatic imine (C=N–C) groups is 1. The molecule has 0 atom stereocenters. The standard InChI is InChI=1S/C19H32N6O/c1-2-20-19(22-7-10-24-11-13-26-14-12-24)23-16-17-5-6-21-18(15-17)25-8-3-4-9-25/h5-6,15H,2-4,7-14,16H2,1H3,(H2,20,22,23). The zero-order chi connectivity index (χ0) is 18.0. The zero-order valence-corrected chi connectivity index (χ0v) is 15.9. The number of aromatic nitrogens is 1. The van der Waals surface area contributed by atoms with Crippen LogP contribution in [0.4, 0.5) is 5.82 Å². The van der Waals surface area contributed by atoms with E-state index < -0.39 is 0 Å². The summed E-state index contributed by atoms with van der Waals surface area (Å²) in [5.74, 6) is 1.96. The Morgan fingerprint density at radius 3 is 2.77 bits per heavy atom. The number of hydrogen-bond donors (Lipinski definition) is 2. The molecule has 0 unspecified atom stereocenters. The van der Waals surface area contributed by atoms with Gasteiger partial charge in [-0.3, -0.25) is 4.90 Å². The third-order valence-corrected chi connectivity index (χ3v) is 4.83. The van der Waals surface area contributed by atoms with Gasteiger partial charge in [-0.1, -0.05) is 0 Å². The van der Waals surface area contributed by atoms with Crippen molar-refractivity contribution in [1.82, 2.24) is 20.5 Å². The zero-order valence-electron chi connectivity index (χ0n) is 15.9. The van der Waals surface area contributed by atoms with Gasteiger partial charge >= 0.3 is 0 Å². The van der Waals surface area contributed by atoms with E-state index in [2.05, 4.69) is 44.5 Å². The van der Waals surface area contributed by atoms with Gasteiger partial charge in [0, 0.05) is 52.0 Å². The van der Waals surface area contributed by atoms with Crippen molar-refractivity contribution < 1.29 is 4.74 Å². The summed E-state index contributed by atoms with van der Waals surface area (Å²) in [6.07, 6.45) is 4.43. The van der Waals surface area contributed by atoms with Gasteiger partial charge < -0.3 is 20.3 Å². The van der Waals surface area contributed by atoms with E-state index in [4.69, 9.17) is 9.73 Å². The molecule has 26 heavy (non-hydrogen) atoms. The van der Waals surface area contributed by atoms with Crippen LogP contribution in [0.1, 0.15) is 25.3 Å². The number of morpholine rings is 1. The first-order chi connectivity index (χ1) is 12.8. The van der Waals surface area contributed by atoms with Crippen molar-refractivity contribution in [2.75, 3.05) is 63.9 Å². The van der Waals surface area contributed by atoms with Crippen molar-refractivity contribution in [2.24, 2.45) is 4.99 Å². The van der Waals surface area contributed by atoms with Gasteiger partial charge in [-0.25, -0.2) is 9.98 Å². The van der Waals surface area contributed by atoms with E-state index in [1.807, 2.05) is 6.20 Å². The Morgan fingerprint density at radius 1 is 1.19 bits per heavy atom. The van der Waals surface area contributed by atoms with Gasteiger partial charge in [0.25, 0.3) is 0 Å². The summed E-state index contributed by atoms with van der Waals surface area (Å²) in [6, 6.07) is 4.23. The van der Waals surface area contributed by atoms with Gasteiger partial charge in [0.05, 0.1) is 19.8 Å². The van der Waals surface area contributed by atoms with E-state index >= 15 is 0 Å². The molecular weight excluding hydrogens is 328 g/mol. The molecule has 0 aromatic carbocycles. The van der Waals surface area contributed by atoms with Crippen molar-refractivity contribution in [3.05, 3.63) is 23.9 Å². The highest BCUT2D eigenvalue weighted by Crippen LogP contribution is 2.18. The maximum Gasteiger partial charge on any atom is 0.191 e. The van der Waals surface area contributed by atoms with Crippen LogP contribution in [0.15, 0.2) is 23.3 Å². The second kappa shape index (κ2) is 10.3. The lowest BCUT2D eigenvalue weighted by Crippen LogP contribution is -2.44. The molecule has 1 aromatic heterocycles. The number of nitrogens with zero attached hydrogens (tertiary/aromatic N) is 4. The number of ether oxygens (including phenoxy) is 1. The molecule has 7 nitrogen and oxygen atoms in total. The molecule has 2 N–H and O–H groups in total. The number of rotatable bonds is 7. The fourth-order valence-corrected chi connectivity index (χ4v) is 3.35. The van der Waals surface area contributed by atoms with Crippen LogP contribution in [-0.2, 0) is 11.3 Å². The van der Waals surface area contributed by atoms with Crippen LogP contribution in [0, 0.1) is 0 Å². The van der Waals surface area contributed by atoms with Crippen molar-refractivity contribution >= 4 is 11.8 Å². The third kappa shape index (κ3) is 5.85. The fourth-order valence-electron chi connectivity index (χ4n) is 3.35. The normalized spacial score (nSPS) is 19.0. The van der Waals surface area contributed by atoms with Crippen molar-refractivity contribution in [2.45, 2.75) is 26.3 Å². The molecule has 7 heteroatoms. The molecule has 3 rings (SSSR count). The maximum atomic E-state index is 5.39. The first-order valence-electron chi connectivity index (χ1n) is 9.87. The van der Waals surface area contributed by atoms with E-state index in [1.54, 1.807) is 0 Å².